The summed E-state index contributed by atoms with van der Waals surface area (Å²) in [4.78, 5) is 0. The Labute approximate surface area is 156 Å². The molecule has 2 atom stereocenters. The monoisotopic (exact) mass is 354 g/mol. The average molecular weight is 354 g/mol. The molecule has 2 N–H and O–H groups in total. The molecule has 0 radical (unpaired) electrons. The fraction of sp³-hybridized carbons (Fsp3) is 0.455. The normalized spacial score (nSPS) is 20.2. The van der Waals surface area contributed by atoms with Crippen molar-refractivity contribution in [2.24, 2.45) is 0 Å². The van der Waals surface area contributed by atoms with Crippen molar-refractivity contribution in [1.82, 2.24) is 0 Å². The summed E-state index contributed by atoms with van der Waals surface area (Å²) in [7, 11) is -1.55. The first-order valence-corrected chi connectivity index (χ1v) is 9.82. The third-order valence-corrected chi connectivity index (χ3v) is 5.53. The molecule has 1 fully saturated rings. The predicted molar refractivity (Wildman–Crippen MR) is 106 cm³/mol. The van der Waals surface area contributed by atoms with Gasteiger partial charge in [-0.25, -0.2) is 4.39 Å². The number of hydrogen-bond donors (Lipinski definition) is 2. The molecule has 2 aromatic rings. The molecule has 0 spiro atoms. The fourth-order valence-corrected chi connectivity index (χ4v) is 4.12. The highest BCUT2D eigenvalue weighted by atomic mass is 19.1. The van der Waals surface area contributed by atoms with E-state index in [1.807, 2.05) is 18.2 Å². The van der Waals surface area contributed by atoms with Crippen LogP contribution in [0.25, 0.3) is 11.1 Å². The molecule has 138 valence electrons. The van der Waals surface area contributed by atoms with Crippen LogP contribution in [0.2, 0.25) is 0 Å². The third-order valence-electron chi connectivity index (χ3n) is 5.53. The van der Waals surface area contributed by atoms with Gasteiger partial charge in [0.25, 0.3) is 0 Å². The van der Waals surface area contributed by atoms with Crippen LogP contribution in [-0.2, 0) is 6.42 Å². The molecule has 4 heteroatoms. The number of benzene rings is 2. The summed E-state index contributed by atoms with van der Waals surface area (Å²) in [5.41, 5.74) is 4.52. The number of aryl methyl sites for hydroxylation is 1. The van der Waals surface area contributed by atoms with E-state index in [2.05, 4.69) is 31.2 Å². The summed E-state index contributed by atoms with van der Waals surface area (Å²) >= 11 is 0. The van der Waals surface area contributed by atoms with Crippen molar-refractivity contribution in [1.29, 1.82) is 0 Å². The van der Waals surface area contributed by atoms with Gasteiger partial charge in [-0.05, 0) is 72.2 Å². The lowest BCUT2D eigenvalue weighted by Crippen LogP contribution is -2.36. The average Bonchev–Trinajstić information content (AvgIpc) is 2.66. The van der Waals surface area contributed by atoms with E-state index in [1.54, 1.807) is 0 Å². The van der Waals surface area contributed by atoms with Crippen molar-refractivity contribution in [3.63, 3.8) is 0 Å². The smallest absolute Gasteiger partial charge is 0.423 e. The molecule has 0 aliphatic heterocycles. The maximum Gasteiger partial charge on any atom is 0.489 e. The molecule has 3 rings (SSSR count). The van der Waals surface area contributed by atoms with Gasteiger partial charge >= 0.3 is 7.12 Å². The van der Waals surface area contributed by atoms with E-state index in [1.165, 1.54) is 18.4 Å². The van der Waals surface area contributed by atoms with Crippen LogP contribution in [0.15, 0.2) is 42.5 Å². The zero-order valence-electron chi connectivity index (χ0n) is 15.5. The summed E-state index contributed by atoms with van der Waals surface area (Å²) in [6.07, 6.45) is 5.45. The maximum atomic E-state index is 13.9. The van der Waals surface area contributed by atoms with Crippen LogP contribution in [0.5, 0.6) is 0 Å². The van der Waals surface area contributed by atoms with Crippen molar-refractivity contribution in [2.75, 3.05) is 0 Å². The van der Waals surface area contributed by atoms with Crippen LogP contribution in [0.3, 0.4) is 0 Å². The van der Waals surface area contributed by atoms with Crippen molar-refractivity contribution >= 4 is 12.6 Å². The first kappa shape index (κ1) is 19.1. The Hall–Kier alpha value is -1.65. The number of hydrogen-bond acceptors (Lipinski definition) is 2. The van der Waals surface area contributed by atoms with Gasteiger partial charge in [0.05, 0.1) is 0 Å². The Kier molecular flexibility index (Phi) is 6.50. The molecular formula is C22H28BFO2. The molecule has 2 aromatic carbocycles. The first-order valence-electron chi connectivity index (χ1n) is 9.82. The molecule has 2 unspecified atom stereocenters. The summed E-state index contributed by atoms with van der Waals surface area (Å²) in [5.74, 6) is 0.0549. The molecule has 0 amide bonds. The Bertz CT molecular complexity index is 715. The van der Waals surface area contributed by atoms with E-state index in [-0.39, 0.29) is 5.92 Å². The van der Waals surface area contributed by atoms with Gasteiger partial charge < -0.3 is 10.0 Å². The van der Waals surface area contributed by atoms with Crippen molar-refractivity contribution in [2.45, 2.75) is 64.0 Å². The van der Waals surface area contributed by atoms with E-state index in [9.17, 15) is 14.4 Å². The zero-order valence-corrected chi connectivity index (χ0v) is 15.5. The SMILES string of the molecule is CCCCc1ccc(-c2cccc(C3CCCC(F)C3)c2B(O)O)cc1. The van der Waals surface area contributed by atoms with Crippen LogP contribution >= 0.6 is 0 Å². The second-order valence-electron chi connectivity index (χ2n) is 7.44. The van der Waals surface area contributed by atoms with Crippen LogP contribution in [0, 0.1) is 0 Å². The van der Waals surface area contributed by atoms with Crippen molar-refractivity contribution in [3.8, 4) is 11.1 Å². The van der Waals surface area contributed by atoms with Crippen LogP contribution < -0.4 is 5.46 Å². The second-order valence-corrected chi connectivity index (χ2v) is 7.44. The predicted octanol–water partition coefficient (Wildman–Crippen LogP) is 4.37. The van der Waals surface area contributed by atoms with Gasteiger partial charge in [-0.15, -0.1) is 0 Å². The molecule has 2 nitrogen and oxygen atoms in total. The summed E-state index contributed by atoms with van der Waals surface area (Å²) in [6.45, 7) is 2.18. The Morgan fingerprint density at radius 3 is 2.50 bits per heavy atom. The molecule has 26 heavy (non-hydrogen) atoms. The quantitative estimate of drug-likeness (QED) is 0.757. The van der Waals surface area contributed by atoms with E-state index >= 15 is 0 Å². The Morgan fingerprint density at radius 2 is 1.85 bits per heavy atom. The molecule has 1 aliphatic rings. The molecule has 1 saturated carbocycles. The van der Waals surface area contributed by atoms with Gasteiger partial charge in [-0.3, -0.25) is 0 Å². The molecule has 0 saturated heterocycles. The molecule has 0 heterocycles. The highest BCUT2D eigenvalue weighted by molar-refractivity contribution is 6.61. The fourth-order valence-electron chi connectivity index (χ4n) is 4.12. The summed E-state index contributed by atoms with van der Waals surface area (Å²) in [6, 6.07) is 14.1. The van der Waals surface area contributed by atoms with E-state index < -0.39 is 13.3 Å². The highest BCUT2D eigenvalue weighted by Crippen LogP contribution is 2.35. The van der Waals surface area contributed by atoms with E-state index in [4.69, 9.17) is 0 Å². The van der Waals surface area contributed by atoms with Crippen molar-refractivity contribution in [3.05, 3.63) is 53.6 Å². The van der Waals surface area contributed by atoms with Gasteiger partial charge in [-0.2, -0.15) is 0 Å². The van der Waals surface area contributed by atoms with Gasteiger partial charge in [0.15, 0.2) is 0 Å². The molecule has 1 aliphatic carbocycles. The number of alkyl halides is 1. The van der Waals surface area contributed by atoms with E-state index in [0.717, 1.165) is 36.0 Å². The highest BCUT2D eigenvalue weighted by Gasteiger charge is 2.29. The van der Waals surface area contributed by atoms with Crippen molar-refractivity contribution < 1.29 is 14.4 Å². The lowest BCUT2D eigenvalue weighted by molar-refractivity contribution is 0.231. The number of unbranched alkanes of at least 4 members (excludes halogenated alkanes) is 1. The molecule has 0 aromatic heterocycles. The number of halogens is 1. The first-order chi connectivity index (χ1) is 12.6. The lowest BCUT2D eigenvalue weighted by atomic mass is 9.68. The standard InChI is InChI=1S/C22H28BFO2/c1-2-3-6-16-11-13-17(14-12-16)20-9-5-10-21(22(20)23(25)26)18-7-4-8-19(24)15-18/h5,9-14,18-19,25-26H,2-4,6-8,15H2,1H3. The van der Waals surface area contributed by atoms with E-state index in [0.29, 0.717) is 18.3 Å². The largest absolute Gasteiger partial charge is 0.489 e. The minimum atomic E-state index is -1.55. The zero-order chi connectivity index (χ0) is 18.5. The molecular weight excluding hydrogens is 326 g/mol. The van der Waals surface area contributed by atoms with Crippen LogP contribution in [0.4, 0.5) is 4.39 Å². The third kappa shape index (κ3) is 4.36. The molecule has 0 bridgehead atoms. The lowest BCUT2D eigenvalue weighted by Gasteiger charge is -2.28. The Balaban J connectivity index is 1.95. The van der Waals surface area contributed by atoms with Crippen LogP contribution in [-0.4, -0.2) is 23.3 Å². The summed E-state index contributed by atoms with van der Waals surface area (Å²) in [5, 5.41) is 20.2. The minimum Gasteiger partial charge on any atom is -0.423 e. The topological polar surface area (TPSA) is 40.5 Å². The van der Waals surface area contributed by atoms with Gasteiger partial charge in [0.1, 0.15) is 6.17 Å². The van der Waals surface area contributed by atoms with Gasteiger partial charge in [0.2, 0.25) is 0 Å². The van der Waals surface area contributed by atoms with Gasteiger partial charge in [-0.1, -0.05) is 55.8 Å². The Morgan fingerprint density at radius 1 is 1.08 bits per heavy atom. The maximum absolute atomic E-state index is 13.9. The minimum absolute atomic E-state index is 0.0549. The summed E-state index contributed by atoms with van der Waals surface area (Å²) < 4.78 is 13.9. The van der Waals surface area contributed by atoms with Crippen LogP contribution in [0.1, 0.15) is 62.5 Å². The van der Waals surface area contributed by atoms with Gasteiger partial charge in [0, 0.05) is 0 Å². The number of rotatable bonds is 6. The second kappa shape index (κ2) is 8.83.